The molecule has 1 aromatic carbocycles. The minimum absolute atomic E-state index is 0.0681. The molecule has 0 aliphatic carbocycles. The lowest BCUT2D eigenvalue weighted by Gasteiger charge is -2.13. The quantitative estimate of drug-likeness (QED) is 0.242. The van der Waals surface area contributed by atoms with Gasteiger partial charge in [0.05, 0.1) is 15.4 Å². The van der Waals surface area contributed by atoms with Crippen LogP contribution in [0.3, 0.4) is 0 Å². The number of nitrogens with zero attached hydrogens (tertiary/aromatic N) is 2. The average molecular weight is 380 g/mol. The highest BCUT2D eigenvalue weighted by Crippen LogP contribution is 2.34. The number of rotatable bonds is 8. The van der Waals surface area contributed by atoms with E-state index in [9.17, 15) is 19.7 Å². The second-order valence-electron chi connectivity index (χ2n) is 5.35. The van der Waals surface area contributed by atoms with Gasteiger partial charge >= 0.3 is 5.97 Å². The fraction of sp³-hybridized carbons (Fsp3) is 0.312. The molecule has 0 atom stereocenters. The lowest BCUT2D eigenvalue weighted by molar-refractivity contribution is -0.385. The molecule has 1 aliphatic heterocycles. The van der Waals surface area contributed by atoms with Crippen molar-refractivity contribution in [2.24, 2.45) is 0 Å². The second-order valence-corrected chi connectivity index (χ2v) is 7.03. The Balaban J connectivity index is 2.03. The summed E-state index contributed by atoms with van der Waals surface area (Å²) in [6.45, 7) is 0.415. The fourth-order valence-electron chi connectivity index (χ4n) is 2.33. The van der Waals surface area contributed by atoms with Gasteiger partial charge in [-0.15, -0.1) is 0 Å². The van der Waals surface area contributed by atoms with Crippen LogP contribution in [-0.2, 0) is 9.59 Å². The molecule has 0 unspecified atom stereocenters. The number of aliphatic carboxylic acids is 1. The van der Waals surface area contributed by atoms with Crippen LogP contribution in [0.5, 0.6) is 0 Å². The van der Waals surface area contributed by atoms with Gasteiger partial charge < -0.3 is 5.11 Å². The van der Waals surface area contributed by atoms with Crippen molar-refractivity contribution in [2.45, 2.75) is 25.7 Å². The van der Waals surface area contributed by atoms with Crippen molar-refractivity contribution in [3.05, 3.63) is 44.8 Å². The molecule has 0 spiro atoms. The summed E-state index contributed by atoms with van der Waals surface area (Å²) in [7, 11) is 0. The lowest BCUT2D eigenvalue weighted by Crippen LogP contribution is -2.29. The zero-order chi connectivity index (χ0) is 18.4. The summed E-state index contributed by atoms with van der Waals surface area (Å²) in [6, 6.07) is 6.20. The van der Waals surface area contributed by atoms with E-state index in [2.05, 4.69) is 0 Å². The Morgan fingerprint density at radius 1 is 1.32 bits per heavy atom. The predicted molar refractivity (Wildman–Crippen MR) is 99.1 cm³/mol. The van der Waals surface area contributed by atoms with Gasteiger partial charge in [-0.25, -0.2) is 0 Å². The number of carboxylic acids is 1. The summed E-state index contributed by atoms with van der Waals surface area (Å²) in [5, 5.41) is 19.7. The smallest absolute Gasteiger partial charge is 0.303 e. The van der Waals surface area contributed by atoms with Gasteiger partial charge in [0.25, 0.3) is 11.6 Å². The predicted octanol–water partition coefficient (Wildman–Crippen LogP) is 3.44. The van der Waals surface area contributed by atoms with E-state index in [0.717, 1.165) is 11.8 Å². The maximum absolute atomic E-state index is 12.5. The van der Waals surface area contributed by atoms with Crippen LogP contribution in [0, 0.1) is 10.1 Å². The Morgan fingerprint density at radius 3 is 2.72 bits per heavy atom. The third-order valence-electron chi connectivity index (χ3n) is 3.57. The number of nitro groups is 1. The van der Waals surface area contributed by atoms with E-state index >= 15 is 0 Å². The topological polar surface area (TPSA) is 101 Å². The first-order chi connectivity index (χ1) is 11.9. The number of carbonyl (C=O) groups excluding carboxylic acids is 1. The molecule has 7 nitrogen and oxygen atoms in total. The first-order valence-corrected chi connectivity index (χ1v) is 8.83. The Hall–Kier alpha value is -2.26. The molecule has 0 bridgehead atoms. The maximum Gasteiger partial charge on any atom is 0.303 e. The maximum atomic E-state index is 12.5. The molecule has 1 heterocycles. The molecule has 1 N–H and O–H groups in total. The van der Waals surface area contributed by atoms with Gasteiger partial charge in [0.1, 0.15) is 4.32 Å². The third-order valence-corrected chi connectivity index (χ3v) is 4.94. The number of carbonyl (C=O) groups is 2. The number of thioether (sulfide) groups is 1. The van der Waals surface area contributed by atoms with Crippen molar-refractivity contribution in [1.82, 2.24) is 4.90 Å². The molecule has 2 rings (SSSR count). The van der Waals surface area contributed by atoms with Crippen molar-refractivity contribution in [1.29, 1.82) is 0 Å². The summed E-state index contributed by atoms with van der Waals surface area (Å²) < 4.78 is 0.410. The number of hydrogen-bond acceptors (Lipinski definition) is 6. The van der Waals surface area contributed by atoms with Crippen LogP contribution in [0.15, 0.2) is 29.2 Å². The van der Waals surface area contributed by atoms with E-state index in [0.29, 0.717) is 40.6 Å². The highest BCUT2D eigenvalue weighted by Gasteiger charge is 2.32. The molecule has 132 valence electrons. The SMILES string of the molecule is O=C(O)CCCCCN1C(=O)/C(=C/c2ccccc2[N+](=O)[O-])SC1=S. The van der Waals surface area contributed by atoms with Crippen LogP contribution in [-0.4, -0.2) is 37.7 Å². The normalized spacial score (nSPS) is 15.8. The van der Waals surface area contributed by atoms with Gasteiger partial charge in [-0.3, -0.25) is 24.6 Å². The molecule has 1 aromatic rings. The number of para-hydroxylation sites is 1. The van der Waals surface area contributed by atoms with E-state index < -0.39 is 10.9 Å². The number of thiocarbonyl (C=S) groups is 1. The second kappa shape index (κ2) is 8.72. The highest BCUT2D eigenvalue weighted by atomic mass is 32.2. The van der Waals surface area contributed by atoms with Gasteiger partial charge in [-0.05, 0) is 25.0 Å². The fourth-order valence-corrected chi connectivity index (χ4v) is 3.63. The Bertz CT molecular complexity index is 748. The van der Waals surface area contributed by atoms with E-state index in [4.69, 9.17) is 17.3 Å². The zero-order valence-corrected chi connectivity index (χ0v) is 14.8. The van der Waals surface area contributed by atoms with Crippen molar-refractivity contribution in [3.63, 3.8) is 0 Å². The first kappa shape index (κ1) is 19.1. The molecule has 25 heavy (non-hydrogen) atoms. The van der Waals surface area contributed by atoms with Crippen molar-refractivity contribution in [3.8, 4) is 0 Å². The molecule has 1 amide bonds. The summed E-state index contributed by atoms with van der Waals surface area (Å²) in [4.78, 5) is 35.3. The van der Waals surface area contributed by atoms with Crippen LogP contribution < -0.4 is 0 Å². The minimum atomic E-state index is -0.835. The number of unbranched alkanes of at least 4 members (excludes halogenated alkanes) is 2. The number of hydrogen-bond donors (Lipinski definition) is 1. The zero-order valence-electron chi connectivity index (χ0n) is 13.2. The van der Waals surface area contributed by atoms with Crippen LogP contribution >= 0.6 is 24.0 Å². The molecule has 0 saturated carbocycles. The largest absolute Gasteiger partial charge is 0.481 e. The van der Waals surface area contributed by atoms with Gasteiger partial charge in [-0.2, -0.15) is 0 Å². The Labute approximate surface area is 153 Å². The van der Waals surface area contributed by atoms with Crippen molar-refractivity contribution < 1.29 is 19.6 Å². The first-order valence-electron chi connectivity index (χ1n) is 7.60. The molecule has 9 heteroatoms. The van der Waals surface area contributed by atoms with Crippen LogP contribution in [0.2, 0.25) is 0 Å². The molecule has 0 radical (unpaired) electrons. The third kappa shape index (κ3) is 5.10. The molecule has 0 aromatic heterocycles. The number of benzene rings is 1. The lowest BCUT2D eigenvalue weighted by atomic mass is 10.1. The number of nitro benzene ring substituents is 1. The minimum Gasteiger partial charge on any atom is -0.481 e. The summed E-state index contributed by atoms with van der Waals surface area (Å²) >= 11 is 6.33. The van der Waals surface area contributed by atoms with E-state index in [1.807, 2.05) is 0 Å². The van der Waals surface area contributed by atoms with Crippen LogP contribution in [0.4, 0.5) is 5.69 Å². The van der Waals surface area contributed by atoms with Gasteiger partial charge in [-0.1, -0.05) is 42.5 Å². The van der Waals surface area contributed by atoms with Crippen molar-refractivity contribution >= 4 is 51.9 Å². The van der Waals surface area contributed by atoms with Gasteiger partial charge in [0.15, 0.2) is 0 Å². The molecular weight excluding hydrogens is 364 g/mol. The van der Waals surface area contributed by atoms with Crippen LogP contribution in [0.25, 0.3) is 6.08 Å². The monoisotopic (exact) mass is 380 g/mol. The standard InChI is InChI=1S/C16H16N2O5S2/c19-14(20)8-2-1-5-9-17-15(21)13(25-16(17)24)10-11-6-3-4-7-12(11)18(22)23/h3-4,6-7,10H,1-2,5,8-9H2,(H,19,20)/b13-10-. The van der Waals surface area contributed by atoms with E-state index in [1.54, 1.807) is 18.2 Å². The Kier molecular flexibility index (Phi) is 6.65. The van der Waals surface area contributed by atoms with Crippen LogP contribution in [0.1, 0.15) is 31.2 Å². The summed E-state index contributed by atoms with van der Waals surface area (Å²) in [6.07, 6.45) is 3.49. The summed E-state index contributed by atoms with van der Waals surface area (Å²) in [5.41, 5.74) is 0.288. The molecule has 1 saturated heterocycles. The van der Waals surface area contributed by atoms with Gasteiger partial charge in [0, 0.05) is 19.0 Å². The van der Waals surface area contributed by atoms with E-state index in [-0.39, 0.29) is 18.0 Å². The average Bonchev–Trinajstić information content (AvgIpc) is 2.81. The number of carboxylic acid groups (broad SMARTS) is 1. The van der Waals surface area contributed by atoms with Gasteiger partial charge in [0.2, 0.25) is 0 Å². The molecule has 1 fully saturated rings. The molecule has 1 aliphatic rings. The summed E-state index contributed by atoms with van der Waals surface area (Å²) in [5.74, 6) is -1.11. The number of amides is 1. The molecular formula is C16H16N2O5S2. The Morgan fingerprint density at radius 2 is 2.04 bits per heavy atom. The van der Waals surface area contributed by atoms with E-state index in [1.165, 1.54) is 17.0 Å². The van der Waals surface area contributed by atoms with Crippen molar-refractivity contribution in [2.75, 3.05) is 6.54 Å². The highest BCUT2D eigenvalue weighted by molar-refractivity contribution is 8.26.